The summed E-state index contributed by atoms with van der Waals surface area (Å²) in [6, 6.07) is 10.2. The fourth-order valence-electron chi connectivity index (χ4n) is 4.06. The molecule has 1 N–H and O–H groups in total. The van der Waals surface area contributed by atoms with Gasteiger partial charge in [-0.25, -0.2) is 9.67 Å². The standard InChI is InChI=1S/C22H26N4O2/c1-15-21-19(16-8-10-18(28-2)11-9-16)12-13-23-22(21)26(25-15)14-20(27)24-17-6-4-3-5-7-17/h8-13,17H,3-7,14H2,1-2H3,(H,24,27). The number of aryl methyl sites for hydroxylation is 1. The average molecular weight is 378 g/mol. The maximum Gasteiger partial charge on any atom is 0.242 e. The second kappa shape index (κ2) is 8.00. The van der Waals surface area contributed by atoms with Crippen LogP contribution in [-0.2, 0) is 11.3 Å². The van der Waals surface area contributed by atoms with Crippen molar-refractivity contribution in [3.05, 3.63) is 42.2 Å². The molecule has 6 nitrogen and oxygen atoms in total. The first-order valence-corrected chi connectivity index (χ1v) is 9.91. The van der Waals surface area contributed by atoms with E-state index in [1.54, 1.807) is 18.0 Å². The van der Waals surface area contributed by atoms with Gasteiger partial charge < -0.3 is 10.1 Å². The van der Waals surface area contributed by atoms with Crippen LogP contribution in [0.5, 0.6) is 5.75 Å². The minimum absolute atomic E-state index is 0.00736. The van der Waals surface area contributed by atoms with Gasteiger partial charge in [-0.2, -0.15) is 5.10 Å². The summed E-state index contributed by atoms with van der Waals surface area (Å²) in [4.78, 5) is 17.1. The molecule has 0 bridgehead atoms. The number of carbonyl (C=O) groups is 1. The minimum Gasteiger partial charge on any atom is -0.497 e. The maximum atomic E-state index is 12.5. The van der Waals surface area contributed by atoms with Crippen LogP contribution < -0.4 is 10.1 Å². The van der Waals surface area contributed by atoms with E-state index < -0.39 is 0 Å². The maximum absolute atomic E-state index is 12.5. The van der Waals surface area contributed by atoms with E-state index in [4.69, 9.17) is 4.74 Å². The molecule has 4 rings (SSSR count). The molecule has 1 fully saturated rings. The molecule has 0 unspecified atom stereocenters. The average Bonchev–Trinajstić information content (AvgIpc) is 3.04. The third kappa shape index (κ3) is 3.72. The number of pyridine rings is 1. The molecule has 28 heavy (non-hydrogen) atoms. The molecule has 2 aromatic heterocycles. The monoisotopic (exact) mass is 378 g/mol. The number of rotatable bonds is 5. The third-order valence-electron chi connectivity index (χ3n) is 5.47. The van der Waals surface area contributed by atoms with Gasteiger partial charge in [0.2, 0.25) is 5.91 Å². The topological polar surface area (TPSA) is 69.0 Å². The van der Waals surface area contributed by atoms with Gasteiger partial charge in [0.15, 0.2) is 5.65 Å². The molecule has 1 aliphatic carbocycles. The highest BCUT2D eigenvalue weighted by Crippen LogP contribution is 2.30. The van der Waals surface area contributed by atoms with Gasteiger partial charge in [-0.1, -0.05) is 31.4 Å². The van der Waals surface area contributed by atoms with Crippen molar-refractivity contribution in [2.75, 3.05) is 7.11 Å². The van der Waals surface area contributed by atoms with Crippen LogP contribution in [0.3, 0.4) is 0 Å². The lowest BCUT2D eigenvalue weighted by Crippen LogP contribution is -2.38. The molecule has 146 valence electrons. The molecule has 1 aromatic carbocycles. The zero-order valence-corrected chi connectivity index (χ0v) is 16.4. The molecule has 2 heterocycles. The summed E-state index contributed by atoms with van der Waals surface area (Å²) < 4.78 is 6.97. The number of benzene rings is 1. The second-order valence-corrected chi connectivity index (χ2v) is 7.43. The van der Waals surface area contributed by atoms with E-state index in [0.717, 1.165) is 46.4 Å². The zero-order valence-electron chi connectivity index (χ0n) is 16.4. The van der Waals surface area contributed by atoms with E-state index in [-0.39, 0.29) is 12.5 Å². The molecule has 0 atom stereocenters. The fraction of sp³-hybridized carbons (Fsp3) is 0.409. The number of fused-ring (bicyclic) bond motifs is 1. The van der Waals surface area contributed by atoms with Crippen molar-refractivity contribution >= 4 is 16.9 Å². The van der Waals surface area contributed by atoms with Crippen LogP contribution in [0.15, 0.2) is 36.5 Å². The molecule has 1 amide bonds. The van der Waals surface area contributed by atoms with E-state index in [9.17, 15) is 4.79 Å². The first-order chi connectivity index (χ1) is 13.7. The number of aromatic nitrogens is 3. The highest BCUT2D eigenvalue weighted by Gasteiger charge is 2.19. The molecule has 0 radical (unpaired) electrons. The van der Waals surface area contributed by atoms with Gasteiger partial charge in [-0.05, 0) is 49.1 Å². The zero-order chi connectivity index (χ0) is 19.5. The van der Waals surface area contributed by atoms with Gasteiger partial charge in [0.1, 0.15) is 12.3 Å². The van der Waals surface area contributed by atoms with Crippen molar-refractivity contribution in [1.82, 2.24) is 20.1 Å². The predicted molar refractivity (Wildman–Crippen MR) is 109 cm³/mol. The van der Waals surface area contributed by atoms with Crippen LogP contribution in [0.2, 0.25) is 0 Å². The Bertz CT molecular complexity index is 972. The van der Waals surface area contributed by atoms with Gasteiger partial charge in [-0.3, -0.25) is 4.79 Å². The van der Waals surface area contributed by atoms with E-state index in [0.29, 0.717) is 6.04 Å². The Morgan fingerprint density at radius 3 is 2.64 bits per heavy atom. The number of hydrogen-bond acceptors (Lipinski definition) is 4. The Hall–Kier alpha value is -2.89. The molecule has 3 aromatic rings. The van der Waals surface area contributed by atoms with E-state index in [2.05, 4.69) is 15.4 Å². The van der Waals surface area contributed by atoms with E-state index in [1.807, 2.05) is 37.3 Å². The van der Waals surface area contributed by atoms with Crippen LogP contribution in [0.1, 0.15) is 37.8 Å². The SMILES string of the molecule is COc1ccc(-c2ccnc3c2c(C)nn3CC(=O)NC2CCCCC2)cc1. The number of methoxy groups -OCH3 is 1. The highest BCUT2D eigenvalue weighted by molar-refractivity contribution is 5.95. The normalized spacial score (nSPS) is 14.9. The minimum atomic E-state index is 0.00736. The number of ether oxygens (including phenoxy) is 1. The number of hydrogen-bond donors (Lipinski definition) is 1. The van der Waals surface area contributed by atoms with Crippen molar-refractivity contribution in [1.29, 1.82) is 0 Å². The van der Waals surface area contributed by atoms with Crippen LogP contribution in [0.25, 0.3) is 22.2 Å². The largest absolute Gasteiger partial charge is 0.497 e. The fourth-order valence-corrected chi connectivity index (χ4v) is 4.06. The van der Waals surface area contributed by atoms with Crippen molar-refractivity contribution in [2.24, 2.45) is 0 Å². The first-order valence-electron chi connectivity index (χ1n) is 9.91. The molecule has 0 aliphatic heterocycles. The molecule has 0 saturated heterocycles. The summed E-state index contributed by atoms with van der Waals surface area (Å²) >= 11 is 0. The number of carbonyl (C=O) groups excluding carboxylic acids is 1. The Morgan fingerprint density at radius 2 is 1.93 bits per heavy atom. The van der Waals surface area contributed by atoms with Crippen molar-refractivity contribution in [3.8, 4) is 16.9 Å². The molecular formula is C22H26N4O2. The Kier molecular flexibility index (Phi) is 5.28. The lowest BCUT2D eigenvalue weighted by atomic mass is 9.95. The smallest absolute Gasteiger partial charge is 0.242 e. The van der Waals surface area contributed by atoms with Crippen molar-refractivity contribution in [2.45, 2.75) is 51.6 Å². The third-order valence-corrected chi connectivity index (χ3v) is 5.47. The summed E-state index contributed by atoms with van der Waals surface area (Å²) in [5, 5.41) is 8.75. The Labute approximate surface area is 164 Å². The van der Waals surface area contributed by atoms with Gasteiger partial charge in [0.05, 0.1) is 12.8 Å². The van der Waals surface area contributed by atoms with E-state index >= 15 is 0 Å². The van der Waals surface area contributed by atoms with Crippen molar-refractivity contribution < 1.29 is 9.53 Å². The summed E-state index contributed by atoms with van der Waals surface area (Å²) in [5.41, 5.74) is 3.75. The van der Waals surface area contributed by atoms with Crippen LogP contribution in [0.4, 0.5) is 0 Å². The molecule has 1 saturated carbocycles. The summed E-state index contributed by atoms with van der Waals surface area (Å²) in [7, 11) is 1.66. The quantitative estimate of drug-likeness (QED) is 0.732. The van der Waals surface area contributed by atoms with Gasteiger partial charge in [0.25, 0.3) is 0 Å². The van der Waals surface area contributed by atoms with Gasteiger partial charge in [-0.15, -0.1) is 0 Å². The van der Waals surface area contributed by atoms with Crippen LogP contribution in [-0.4, -0.2) is 33.8 Å². The second-order valence-electron chi connectivity index (χ2n) is 7.43. The summed E-state index contributed by atoms with van der Waals surface area (Å²) in [6.07, 6.45) is 7.59. The lowest BCUT2D eigenvalue weighted by Gasteiger charge is -2.22. The number of nitrogens with one attached hydrogen (secondary N) is 1. The predicted octanol–water partition coefficient (Wildman–Crippen LogP) is 3.86. The van der Waals surface area contributed by atoms with Crippen LogP contribution in [0, 0.1) is 6.92 Å². The molecule has 1 aliphatic rings. The molecule has 0 spiro atoms. The van der Waals surface area contributed by atoms with Gasteiger partial charge >= 0.3 is 0 Å². The lowest BCUT2D eigenvalue weighted by molar-refractivity contribution is -0.122. The summed E-state index contributed by atoms with van der Waals surface area (Å²) in [6.45, 7) is 2.16. The Morgan fingerprint density at radius 1 is 1.18 bits per heavy atom. The van der Waals surface area contributed by atoms with E-state index in [1.165, 1.54) is 19.3 Å². The van der Waals surface area contributed by atoms with Gasteiger partial charge in [0, 0.05) is 17.6 Å². The highest BCUT2D eigenvalue weighted by atomic mass is 16.5. The van der Waals surface area contributed by atoms with Crippen LogP contribution >= 0.6 is 0 Å². The summed E-state index contributed by atoms with van der Waals surface area (Å²) in [5.74, 6) is 0.828. The molecular weight excluding hydrogens is 352 g/mol. The first kappa shape index (κ1) is 18.5. The number of amides is 1. The number of nitrogens with zero attached hydrogens (tertiary/aromatic N) is 3. The molecule has 6 heteroatoms. The van der Waals surface area contributed by atoms with Crippen molar-refractivity contribution in [3.63, 3.8) is 0 Å². The Balaban J connectivity index is 1.61.